The number of hydrogen-bond acceptors (Lipinski definition) is 5. The van der Waals surface area contributed by atoms with Gasteiger partial charge in [-0.25, -0.2) is 13.4 Å². The first kappa shape index (κ1) is 19.4. The van der Waals surface area contributed by atoms with Gasteiger partial charge in [-0.2, -0.15) is 0 Å². The highest BCUT2D eigenvalue weighted by atomic mass is 32.2. The fraction of sp³-hybridized carbons (Fsp3) is 0.250. The van der Waals surface area contributed by atoms with Crippen LogP contribution in [0, 0.1) is 6.92 Å². The Labute approximate surface area is 164 Å². The molecule has 1 N–H and O–H groups in total. The van der Waals surface area contributed by atoms with E-state index in [2.05, 4.69) is 9.71 Å². The third-order valence-electron chi connectivity index (χ3n) is 4.16. The van der Waals surface area contributed by atoms with Crippen molar-refractivity contribution in [3.63, 3.8) is 0 Å². The van der Waals surface area contributed by atoms with E-state index in [1.807, 2.05) is 38.3 Å². The van der Waals surface area contributed by atoms with Crippen LogP contribution in [0.25, 0.3) is 11.3 Å². The lowest BCUT2D eigenvalue weighted by molar-refractivity contribution is 0.415. The van der Waals surface area contributed by atoms with Crippen molar-refractivity contribution in [2.75, 3.05) is 11.8 Å². The Morgan fingerprint density at radius 1 is 1.15 bits per heavy atom. The molecule has 3 aromatic rings. The molecular formula is C20H22N2O3S2. The maximum absolute atomic E-state index is 13.1. The molecular weight excluding hydrogens is 380 g/mol. The number of aromatic nitrogens is 1. The van der Waals surface area contributed by atoms with Crippen LogP contribution in [0.4, 0.5) is 5.69 Å². The molecule has 0 amide bonds. The van der Waals surface area contributed by atoms with Crippen molar-refractivity contribution < 1.29 is 13.2 Å². The minimum Gasteiger partial charge on any atom is -0.497 e. The Balaban J connectivity index is 2.06. The van der Waals surface area contributed by atoms with Gasteiger partial charge in [-0.3, -0.25) is 4.72 Å². The molecule has 3 rings (SSSR count). The van der Waals surface area contributed by atoms with E-state index in [9.17, 15) is 8.42 Å². The summed E-state index contributed by atoms with van der Waals surface area (Å²) in [4.78, 5) is 4.74. The predicted molar refractivity (Wildman–Crippen MR) is 110 cm³/mol. The van der Waals surface area contributed by atoms with Crippen LogP contribution in [0.15, 0.2) is 52.7 Å². The van der Waals surface area contributed by atoms with Gasteiger partial charge in [-0.1, -0.05) is 32.0 Å². The monoisotopic (exact) mass is 402 g/mol. The van der Waals surface area contributed by atoms with E-state index >= 15 is 0 Å². The molecule has 1 aromatic heterocycles. The lowest BCUT2D eigenvalue weighted by Gasteiger charge is -2.16. The number of nitrogens with one attached hydrogen (secondary N) is 1. The number of sulfonamides is 1. The third kappa shape index (κ3) is 4.31. The molecule has 1 heterocycles. The maximum atomic E-state index is 13.1. The number of anilines is 1. The predicted octanol–water partition coefficient (Wildman–Crippen LogP) is 5.05. The number of thiazole rings is 1. The highest BCUT2D eigenvalue weighted by molar-refractivity contribution is 7.92. The minimum absolute atomic E-state index is 0.0631. The van der Waals surface area contributed by atoms with E-state index in [0.717, 1.165) is 21.8 Å². The highest BCUT2D eigenvalue weighted by Gasteiger charge is 2.22. The second-order valence-electron chi connectivity index (χ2n) is 6.50. The van der Waals surface area contributed by atoms with Crippen molar-refractivity contribution in [3.8, 4) is 17.0 Å². The molecule has 7 heteroatoms. The molecule has 0 fully saturated rings. The summed E-state index contributed by atoms with van der Waals surface area (Å²) in [6, 6.07) is 12.4. The molecule has 0 spiro atoms. The van der Waals surface area contributed by atoms with Gasteiger partial charge in [-0.15, -0.1) is 11.3 Å². The summed E-state index contributed by atoms with van der Waals surface area (Å²) in [7, 11) is -2.22. The first-order chi connectivity index (χ1) is 12.8. The van der Waals surface area contributed by atoms with Gasteiger partial charge in [-0.05, 0) is 36.6 Å². The Kier molecular flexibility index (Phi) is 5.53. The number of rotatable bonds is 6. The zero-order valence-corrected chi connectivity index (χ0v) is 17.3. The molecule has 0 aliphatic carbocycles. The number of ether oxygens (including phenoxy) is 1. The van der Waals surface area contributed by atoms with E-state index in [0.29, 0.717) is 11.4 Å². The minimum atomic E-state index is -3.77. The van der Waals surface area contributed by atoms with Crippen LogP contribution < -0.4 is 9.46 Å². The number of aryl methyl sites for hydroxylation is 1. The van der Waals surface area contributed by atoms with Gasteiger partial charge in [0, 0.05) is 17.0 Å². The van der Waals surface area contributed by atoms with Crippen LogP contribution in [0.3, 0.4) is 0 Å². The summed E-state index contributed by atoms with van der Waals surface area (Å²) in [5.41, 5.74) is 2.79. The fourth-order valence-corrected chi connectivity index (χ4v) is 4.86. The molecule has 0 saturated heterocycles. The Morgan fingerprint density at radius 2 is 1.93 bits per heavy atom. The molecule has 5 nitrogen and oxygen atoms in total. The van der Waals surface area contributed by atoms with Crippen molar-refractivity contribution in [1.29, 1.82) is 0 Å². The van der Waals surface area contributed by atoms with E-state index < -0.39 is 10.0 Å². The van der Waals surface area contributed by atoms with Gasteiger partial charge < -0.3 is 4.74 Å². The Morgan fingerprint density at radius 3 is 2.56 bits per heavy atom. The van der Waals surface area contributed by atoms with Crippen LogP contribution in [0.1, 0.15) is 30.3 Å². The smallest absolute Gasteiger partial charge is 0.262 e. The van der Waals surface area contributed by atoms with E-state index in [1.54, 1.807) is 37.4 Å². The molecule has 0 aliphatic rings. The zero-order valence-electron chi connectivity index (χ0n) is 15.7. The topological polar surface area (TPSA) is 68.3 Å². The molecule has 0 saturated carbocycles. The van der Waals surface area contributed by atoms with Gasteiger partial charge in [0.05, 0.1) is 28.4 Å². The van der Waals surface area contributed by atoms with Gasteiger partial charge in [0.1, 0.15) is 5.75 Å². The van der Waals surface area contributed by atoms with Crippen molar-refractivity contribution in [2.45, 2.75) is 31.6 Å². The first-order valence-electron chi connectivity index (χ1n) is 8.53. The van der Waals surface area contributed by atoms with Crippen LogP contribution in [0.2, 0.25) is 0 Å². The summed E-state index contributed by atoms with van der Waals surface area (Å²) < 4.78 is 34.1. The standard InChI is InChI=1S/C20H22N2O3S2/c1-13(2)18-9-8-15(19-12-26-14(3)21-19)10-20(18)27(23,24)22-16-6-5-7-17(11-16)25-4/h5-13,22H,1-4H3. The average molecular weight is 403 g/mol. The quantitative estimate of drug-likeness (QED) is 0.626. The Hall–Kier alpha value is -2.38. The second-order valence-corrected chi connectivity index (χ2v) is 9.21. The van der Waals surface area contributed by atoms with E-state index in [4.69, 9.17) is 4.74 Å². The van der Waals surface area contributed by atoms with E-state index in [1.165, 1.54) is 11.3 Å². The fourth-order valence-electron chi connectivity index (χ4n) is 2.80. The van der Waals surface area contributed by atoms with Gasteiger partial charge in [0.2, 0.25) is 0 Å². The number of hydrogen-bond donors (Lipinski definition) is 1. The average Bonchev–Trinajstić information content (AvgIpc) is 3.07. The molecule has 0 bridgehead atoms. The number of nitrogens with zero attached hydrogens (tertiary/aromatic N) is 1. The lowest BCUT2D eigenvalue weighted by Crippen LogP contribution is -2.15. The first-order valence-corrected chi connectivity index (χ1v) is 10.9. The van der Waals surface area contributed by atoms with Crippen molar-refractivity contribution >= 4 is 27.0 Å². The molecule has 142 valence electrons. The van der Waals surface area contributed by atoms with Crippen LogP contribution in [-0.4, -0.2) is 20.5 Å². The van der Waals surface area contributed by atoms with Crippen LogP contribution in [0.5, 0.6) is 5.75 Å². The van der Waals surface area contributed by atoms with Crippen LogP contribution >= 0.6 is 11.3 Å². The van der Waals surface area contributed by atoms with Crippen LogP contribution in [-0.2, 0) is 10.0 Å². The third-order valence-corrected chi connectivity index (χ3v) is 6.37. The van der Waals surface area contributed by atoms with Gasteiger partial charge >= 0.3 is 0 Å². The van der Waals surface area contributed by atoms with Crippen molar-refractivity contribution in [2.24, 2.45) is 0 Å². The van der Waals surface area contributed by atoms with Crippen molar-refractivity contribution in [3.05, 3.63) is 58.4 Å². The summed E-state index contributed by atoms with van der Waals surface area (Å²) >= 11 is 1.54. The molecule has 27 heavy (non-hydrogen) atoms. The lowest BCUT2D eigenvalue weighted by atomic mass is 10.0. The maximum Gasteiger partial charge on any atom is 0.262 e. The largest absolute Gasteiger partial charge is 0.497 e. The van der Waals surface area contributed by atoms with Gasteiger partial charge in [0.15, 0.2) is 0 Å². The Bertz CT molecular complexity index is 1060. The highest BCUT2D eigenvalue weighted by Crippen LogP contribution is 2.31. The number of methoxy groups -OCH3 is 1. The zero-order chi connectivity index (χ0) is 19.6. The molecule has 0 unspecified atom stereocenters. The molecule has 2 aromatic carbocycles. The number of benzene rings is 2. The van der Waals surface area contributed by atoms with Crippen molar-refractivity contribution in [1.82, 2.24) is 4.98 Å². The molecule has 0 aliphatic heterocycles. The SMILES string of the molecule is COc1cccc(NS(=O)(=O)c2cc(-c3csc(C)n3)ccc2C(C)C)c1. The van der Waals surface area contributed by atoms with E-state index in [-0.39, 0.29) is 10.8 Å². The normalized spacial score (nSPS) is 11.6. The van der Waals surface area contributed by atoms with Gasteiger partial charge in [0.25, 0.3) is 10.0 Å². The summed E-state index contributed by atoms with van der Waals surface area (Å²) in [6.45, 7) is 5.89. The molecule has 0 radical (unpaired) electrons. The summed E-state index contributed by atoms with van der Waals surface area (Å²) in [5, 5.41) is 2.88. The molecule has 0 atom stereocenters. The second kappa shape index (κ2) is 7.70. The summed E-state index contributed by atoms with van der Waals surface area (Å²) in [5.74, 6) is 0.652. The summed E-state index contributed by atoms with van der Waals surface area (Å²) in [6.07, 6.45) is 0.